The number of sulfonamides is 1. The molecule has 0 radical (unpaired) electrons. The van der Waals surface area contributed by atoms with E-state index in [1.807, 2.05) is 54.6 Å². The summed E-state index contributed by atoms with van der Waals surface area (Å²) in [4.78, 5) is 12.1. The largest absolute Gasteiger partial charge is 0.496 e. The molecule has 2 aromatic carbocycles. The average Bonchev–Trinajstić information content (AvgIpc) is 2.63. The summed E-state index contributed by atoms with van der Waals surface area (Å²) in [6.07, 6.45) is 1.25. The molecule has 7 heteroatoms. The van der Waals surface area contributed by atoms with Crippen LogP contribution in [0.25, 0.3) is 0 Å². The van der Waals surface area contributed by atoms with Crippen LogP contribution in [0.4, 0.5) is 0 Å². The van der Waals surface area contributed by atoms with Gasteiger partial charge in [-0.3, -0.25) is 4.79 Å². The molecule has 0 aliphatic rings. The van der Waals surface area contributed by atoms with Crippen LogP contribution in [0.3, 0.4) is 0 Å². The zero-order valence-electron chi connectivity index (χ0n) is 15.0. The van der Waals surface area contributed by atoms with E-state index in [-0.39, 0.29) is 25.4 Å². The maximum Gasteiger partial charge on any atom is 0.221 e. The highest BCUT2D eigenvalue weighted by atomic mass is 32.2. The molecule has 2 aromatic rings. The number of carbonyl (C=O) groups excluding carboxylic acids is 1. The Bertz CT molecular complexity index is 822. The van der Waals surface area contributed by atoms with Gasteiger partial charge in [-0.25, -0.2) is 8.42 Å². The number of nitrogens with one attached hydrogen (secondary N) is 1. The predicted molar refractivity (Wildman–Crippen MR) is 101 cm³/mol. The molecule has 0 aliphatic carbocycles. The Morgan fingerprint density at radius 2 is 1.73 bits per heavy atom. The van der Waals surface area contributed by atoms with E-state index in [0.29, 0.717) is 12.3 Å². The number of para-hydroxylation sites is 1. The van der Waals surface area contributed by atoms with Crippen LogP contribution in [0.15, 0.2) is 54.6 Å². The molecule has 0 spiro atoms. The molecule has 0 atom stereocenters. The van der Waals surface area contributed by atoms with Crippen LogP contribution in [0.1, 0.15) is 17.5 Å². The highest BCUT2D eigenvalue weighted by Gasteiger charge is 2.18. The van der Waals surface area contributed by atoms with Crippen molar-refractivity contribution in [3.63, 3.8) is 0 Å². The summed E-state index contributed by atoms with van der Waals surface area (Å²) in [5, 5.41) is 2.80. The summed E-state index contributed by atoms with van der Waals surface area (Å²) in [6, 6.07) is 16.7. The van der Waals surface area contributed by atoms with Crippen LogP contribution in [-0.4, -0.2) is 38.5 Å². The highest BCUT2D eigenvalue weighted by Crippen LogP contribution is 2.16. The molecule has 26 heavy (non-hydrogen) atoms. The Hall–Kier alpha value is -2.38. The second-order valence-corrected chi connectivity index (χ2v) is 7.90. The SMILES string of the molecule is COc1ccccc1CNC(=O)CCN(Cc1ccccc1)S(C)(=O)=O. The van der Waals surface area contributed by atoms with Crippen molar-refractivity contribution >= 4 is 15.9 Å². The molecular weight excluding hydrogens is 352 g/mol. The van der Waals surface area contributed by atoms with Crippen LogP contribution in [0, 0.1) is 0 Å². The highest BCUT2D eigenvalue weighted by molar-refractivity contribution is 7.88. The van der Waals surface area contributed by atoms with Gasteiger partial charge in [0.1, 0.15) is 5.75 Å². The predicted octanol–water partition coefficient (Wildman–Crippen LogP) is 2.16. The fourth-order valence-electron chi connectivity index (χ4n) is 2.51. The number of hydrogen-bond acceptors (Lipinski definition) is 4. The van der Waals surface area contributed by atoms with Gasteiger partial charge in [-0.1, -0.05) is 48.5 Å². The molecule has 0 aliphatic heterocycles. The lowest BCUT2D eigenvalue weighted by Gasteiger charge is -2.20. The van der Waals surface area contributed by atoms with Gasteiger partial charge in [0.25, 0.3) is 0 Å². The lowest BCUT2D eigenvalue weighted by Crippen LogP contribution is -2.34. The molecule has 0 unspecified atom stereocenters. The van der Waals surface area contributed by atoms with E-state index in [0.717, 1.165) is 17.4 Å². The first-order valence-corrected chi connectivity index (χ1v) is 10.1. The number of rotatable bonds is 9. The summed E-state index contributed by atoms with van der Waals surface area (Å²) in [5.41, 5.74) is 1.75. The first-order valence-electron chi connectivity index (χ1n) is 8.28. The molecular formula is C19H24N2O4S. The van der Waals surface area contributed by atoms with E-state index in [2.05, 4.69) is 5.32 Å². The molecule has 1 amide bonds. The minimum Gasteiger partial charge on any atom is -0.496 e. The third-order valence-corrected chi connectivity index (χ3v) is 5.18. The fourth-order valence-corrected chi connectivity index (χ4v) is 3.31. The van der Waals surface area contributed by atoms with Gasteiger partial charge in [-0.15, -0.1) is 0 Å². The van der Waals surface area contributed by atoms with Gasteiger partial charge in [0, 0.05) is 31.6 Å². The summed E-state index contributed by atoms with van der Waals surface area (Å²) < 4.78 is 30.5. The van der Waals surface area contributed by atoms with Gasteiger partial charge in [0.05, 0.1) is 13.4 Å². The van der Waals surface area contributed by atoms with Crippen molar-refractivity contribution in [3.05, 3.63) is 65.7 Å². The summed E-state index contributed by atoms with van der Waals surface area (Å²) in [6.45, 7) is 0.714. The zero-order valence-corrected chi connectivity index (χ0v) is 15.8. The molecule has 0 saturated heterocycles. The van der Waals surface area contributed by atoms with Crippen molar-refractivity contribution in [3.8, 4) is 5.75 Å². The normalized spacial score (nSPS) is 11.3. The molecule has 6 nitrogen and oxygen atoms in total. The Labute approximate surface area is 154 Å². The van der Waals surface area contributed by atoms with E-state index in [4.69, 9.17) is 4.74 Å². The Morgan fingerprint density at radius 1 is 1.08 bits per heavy atom. The van der Waals surface area contributed by atoms with Gasteiger partial charge >= 0.3 is 0 Å². The van der Waals surface area contributed by atoms with Gasteiger partial charge in [-0.2, -0.15) is 4.31 Å². The van der Waals surface area contributed by atoms with Gasteiger partial charge < -0.3 is 10.1 Å². The van der Waals surface area contributed by atoms with Crippen LogP contribution in [-0.2, 0) is 27.9 Å². The maximum absolute atomic E-state index is 12.1. The minimum absolute atomic E-state index is 0.0923. The molecule has 140 valence electrons. The molecule has 0 bridgehead atoms. The Balaban J connectivity index is 1.90. The van der Waals surface area contributed by atoms with E-state index in [9.17, 15) is 13.2 Å². The molecule has 1 N–H and O–H groups in total. The van der Waals surface area contributed by atoms with Crippen LogP contribution < -0.4 is 10.1 Å². The first kappa shape index (κ1) is 19.9. The lowest BCUT2D eigenvalue weighted by molar-refractivity contribution is -0.121. The van der Waals surface area contributed by atoms with Gasteiger partial charge in [-0.05, 0) is 11.6 Å². The topological polar surface area (TPSA) is 75.7 Å². The summed E-state index contributed by atoms with van der Waals surface area (Å²) in [5.74, 6) is 0.493. The second kappa shape index (κ2) is 9.35. The molecule has 0 heterocycles. The van der Waals surface area contributed by atoms with E-state index >= 15 is 0 Å². The second-order valence-electron chi connectivity index (χ2n) is 5.92. The lowest BCUT2D eigenvalue weighted by atomic mass is 10.2. The maximum atomic E-state index is 12.1. The van der Waals surface area contributed by atoms with Gasteiger partial charge in [0.2, 0.25) is 15.9 Å². The van der Waals surface area contributed by atoms with Crippen molar-refractivity contribution in [2.45, 2.75) is 19.5 Å². The van der Waals surface area contributed by atoms with Crippen LogP contribution in [0.2, 0.25) is 0 Å². The molecule has 0 saturated carbocycles. The number of ether oxygens (including phenoxy) is 1. The fraction of sp³-hybridized carbons (Fsp3) is 0.316. The smallest absolute Gasteiger partial charge is 0.221 e. The monoisotopic (exact) mass is 376 g/mol. The van der Waals surface area contributed by atoms with Gasteiger partial charge in [0.15, 0.2) is 0 Å². The summed E-state index contributed by atoms with van der Waals surface area (Å²) >= 11 is 0. The standard InChI is InChI=1S/C19H24N2O4S/c1-25-18-11-7-6-10-17(18)14-20-19(22)12-13-21(26(2,23)24)15-16-8-4-3-5-9-16/h3-11H,12-15H2,1-2H3,(H,20,22). The number of hydrogen-bond donors (Lipinski definition) is 1. The quantitative estimate of drug-likeness (QED) is 0.728. The number of amides is 1. The van der Waals surface area contributed by atoms with Crippen molar-refractivity contribution in [1.29, 1.82) is 0 Å². The average molecular weight is 376 g/mol. The van der Waals surface area contributed by atoms with E-state index < -0.39 is 10.0 Å². The van der Waals surface area contributed by atoms with Crippen LogP contribution >= 0.6 is 0 Å². The molecule has 0 fully saturated rings. The van der Waals surface area contributed by atoms with Crippen molar-refractivity contribution < 1.29 is 17.9 Å². The van der Waals surface area contributed by atoms with E-state index in [1.54, 1.807) is 7.11 Å². The number of nitrogens with zero attached hydrogens (tertiary/aromatic N) is 1. The molecule has 0 aromatic heterocycles. The minimum atomic E-state index is -3.40. The number of benzene rings is 2. The van der Waals surface area contributed by atoms with Crippen molar-refractivity contribution in [2.75, 3.05) is 19.9 Å². The number of carbonyl (C=O) groups is 1. The third-order valence-electron chi connectivity index (χ3n) is 3.93. The molecule has 2 rings (SSSR count). The Kier molecular flexibility index (Phi) is 7.17. The van der Waals surface area contributed by atoms with Crippen molar-refractivity contribution in [2.24, 2.45) is 0 Å². The zero-order chi connectivity index (χ0) is 19.0. The first-order chi connectivity index (χ1) is 12.4. The summed E-state index contributed by atoms with van der Waals surface area (Å²) in [7, 11) is -1.83. The number of methoxy groups -OCH3 is 1. The third kappa shape index (κ3) is 6.16. The van der Waals surface area contributed by atoms with Crippen molar-refractivity contribution in [1.82, 2.24) is 9.62 Å². The Morgan fingerprint density at radius 3 is 2.38 bits per heavy atom. The van der Waals surface area contributed by atoms with Crippen LogP contribution in [0.5, 0.6) is 5.75 Å². The van der Waals surface area contributed by atoms with E-state index in [1.165, 1.54) is 4.31 Å².